The predicted octanol–water partition coefficient (Wildman–Crippen LogP) is 5.29. The van der Waals surface area contributed by atoms with Crippen molar-refractivity contribution in [3.05, 3.63) is 68.8 Å². The first kappa shape index (κ1) is 12.6. The molecule has 2 aromatic carbocycles. The third-order valence-electron chi connectivity index (χ3n) is 2.73. The van der Waals surface area contributed by atoms with Gasteiger partial charge in [-0.3, -0.25) is 0 Å². The number of halogens is 2. The summed E-state index contributed by atoms with van der Waals surface area (Å²) in [5.41, 5.74) is 2.87. The van der Waals surface area contributed by atoms with Crippen LogP contribution in [-0.4, -0.2) is 5.90 Å². The van der Waals surface area contributed by atoms with Gasteiger partial charge in [0.1, 0.15) is 0 Å². The highest BCUT2D eigenvalue weighted by Gasteiger charge is 2.09. The molecule has 0 bridgehead atoms. The highest BCUT2D eigenvalue weighted by atomic mass is 79.9. The Bertz CT molecular complexity index is 675. The molecule has 0 amide bonds. The lowest BCUT2D eigenvalue weighted by Crippen LogP contribution is -2.01. The minimum atomic E-state index is 0.602. The maximum atomic E-state index is 5.59. The van der Waals surface area contributed by atoms with Crippen LogP contribution >= 0.6 is 31.9 Å². The average Bonchev–Trinajstić information content (AvgIpc) is 2.61. The first-order valence-corrected chi connectivity index (χ1v) is 7.28. The number of aliphatic imine (C=N–C) groups is 1. The van der Waals surface area contributed by atoms with Crippen LogP contribution in [0.3, 0.4) is 0 Å². The van der Waals surface area contributed by atoms with Gasteiger partial charge in [-0.05, 0) is 48.5 Å². The molecule has 2 nitrogen and oxygen atoms in total. The summed E-state index contributed by atoms with van der Waals surface area (Å²) < 4.78 is 7.65. The Labute approximate surface area is 128 Å². The third-order valence-corrected chi connectivity index (χ3v) is 3.75. The second kappa shape index (κ2) is 5.31. The van der Waals surface area contributed by atoms with Crippen molar-refractivity contribution in [2.24, 2.45) is 4.99 Å². The monoisotopic (exact) mass is 377 g/mol. The van der Waals surface area contributed by atoms with Crippen LogP contribution in [0.5, 0.6) is 0 Å². The molecule has 1 heterocycles. The SMILES string of the molecule is Brc1ccc(C2=Nc3ccc(Br)cc3C=CO2)cc1. The van der Waals surface area contributed by atoms with Crippen molar-refractivity contribution in [3.63, 3.8) is 0 Å². The van der Waals surface area contributed by atoms with Crippen LogP contribution in [0.15, 0.2) is 62.7 Å². The summed E-state index contributed by atoms with van der Waals surface area (Å²) in [7, 11) is 0. The van der Waals surface area contributed by atoms with Crippen molar-refractivity contribution in [2.75, 3.05) is 0 Å². The summed E-state index contributed by atoms with van der Waals surface area (Å²) in [6, 6.07) is 13.8. The topological polar surface area (TPSA) is 21.6 Å². The molecule has 1 aliphatic heterocycles. The maximum absolute atomic E-state index is 5.59. The molecule has 0 saturated heterocycles. The molecule has 0 N–H and O–H groups in total. The molecule has 0 unspecified atom stereocenters. The minimum absolute atomic E-state index is 0.602. The van der Waals surface area contributed by atoms with Gasteiger partial charge in [0, 0.05) is 20.1 Å². The van der Waals surface area contributed by atoms with E-state index in [2.05, 4.69) is 36.9 Å². The summed E-state index contributed by atoms with van der Waals surface area (Å²) in [6.07, 6.45) is 3.58. The Kier molecular flexibility index (Phi) is 3.53. The van der Waals surface area contributed by atoms with E-state index in [1.807, 2.05) is 48.5 Å². The first-order valence-electron chi connectivity index (χ1n) is 5.70. The zero-order valence-corrected chi connectivity index (χ0v) is 13.0. The highest BCUT2D eigenvalue weighted by Crippen LogP contribution is 2.28. The van der Waals surface area contributed by atoms with Gasteiger partial charge in [0.05, 0.1) is 11.9 Å². The number of benzene rings is 2. The fraction of sp³-hybridized carbons (Fsp3) is 0. The molecular weight excluding hydrogens is 370 g/mol. The van der Waals surface area contributed by atoms with Crippen LogP contribution < -0.4 is 0 Å². The fourth-order valence-corrected chi connectivity index (χ4v) is 2.44. The van der Waals surface area contributed by atoms with E-state index in [0.29, 0.717) is 5.90 Å². The van der Waals surface area contributed by atoms with Gasteiger partial charge < -0.3 is 4.74 Å². The zero-order chi connectivity index (χ0) is 13.2. The molecule has 19 heavy (non-hydrogen) atoms. The van der Waals surface area contributed by atoms with Crippen molar-refractivity contribution in [1.29, 1.82) is 0 Å². The molecule has 0 atom stereocenters. The van der Waals surface area contributed by atoms with E-state index in [1.54, 1.807) is 6.26 Å². The van der Waals surface area contributed by atoms with Crippen molar-refractivity contribution < 1.29 is 4.74 Å². The summed E-state index contributed by atoms with van der Waals surface area (Å²) >= 11 is 6.87. The normalized spacial score (nSPS) is 13.3. The molecule has 0 aliphatic carbocycles. The molecule has 4 heteroatoms. The van der Waals surface area contributed by atoms with Crippen LogP contribution in [0.25, 0.3) is 6.08 Å². The maximum Gasteiger partial charge on any atom is 0.226 e. The first-order chi connectivity index (χ1) is 9.22. The second-order valence-corrected chi connectivity index (χ2v) is 5.88. The summed E-state index contributed by atoms with van der Waals surface area (Å²) in [5.74, 6) is 0.602. The number of rotatable bonds is 1. The lowest BCUT2D eigenvalue weighted by atomic mass is 10.2. The molecule has 0 spiro atoms. The van der Waals surface area contributed by atoms with Crippen molar-refractivity contribution >= 4 is 49.5 Å². The minimum Gasteiger partial charge on any atom is -0.446 e. The van der Waals surface area contributed by atoms with Gasteiger partial charge in [-0.25, -0.2) is 4.99 Å². The molecule has 94 valence electrons. The lowest BCUT2D eigenvalue weighted by Gasteiger charge is -2.04. The molecule has 0 fully saturated rings. The van der Waals surface area contributed by atoms with Gasteiger partial charge in [-0.15, -0.1) is 0 Å². The quantitative estimate of drug-likeness (QED) is 0.660. The Morgan fingerprint density at radius 3 is 2.42 bits per heavy atom. The molecule has 0 aromatic heterocycles. The Balaban J connectivity index is 2.06. The number of fused-ring (bicyclic) bond motifs is 1. The standard InChI is InChI=1S/C15H9Br2NO/c16-12-3-1-10(2-4-12)15-18-14-6-5-13(17)9-11(14)7-8-19-15/h1-9H. The van der Waals surface area contributed by atoms with Crippen LogP contribution in [0.4, 0.5) is 5.69 Å². The van der Waals surface area contributed by atoms with Crippen molar-refractivity contribution in [1.82, 2.24) is 0 Å². The molecule has 1 aliphatic rings. The van der Waals surface area contributed by atoms with Gasteiger partial charge in [0.25, 0.3) is 0 Å². The van der Waals surface area contributed by atoms with Crippen LogP contribution in [0.1, 0.15) is 11.1 Å². The fourth-order valence-electron chi connectivity index (χ4n) is 1.79. The molecular formula is C15H9Br2NO. The summed E-state index contributed by atoms with van der Waals surface area (Å²) in [6.45, 7) is 0. The largest absolute Gasteiger partial charge is 0.446 e. The molecule has 0 saturated carbocycles. The van der Waals surface area contributed by atoms with Gasteiger partial charge in [0.15, 0.2) is 0 Å². The lowest BCUT2D eigenvalue weighted by molar-refractivity contribution is 0.479. The van der Waals surface area contributed by atoms with E-state index >= 15 is 0 Å². The highest BCUT2D eigenvalue weighted by molar-refractivity contribution is 9.10. The average molecular weight is 379 g/mol. The van der Waals surface area contributed by atoms with Gasteiger partial charge in [-0.2, -0.15) is 0 Å². The van der Waals surface area contributed by atoms with E-state index in [9.17, 15) is 0 Å². The molecule has 0 radical (unpaired) electrons. The smallest absolute Gasteiger partial charge is 0.226 e. The molecule has 2 aromatic rings. The number of hydrogen-bond donors (Lipinski definition) is 0. The van der Waals surface area contributed by atoms with E-state index in [4.69, 9.17) is 4.74 Å². The summed E-state index contributed by atoms with van der Waals surface area (Å²) in [5, 5.41) is 0. The van der Waals surface area contributed by atoms with Crippen LogP contribution in [-0.2, 0) is 4.74 Å². The van der Waals surface area contributed by atoms with E-state index in [1.165, 1.54) is 0 Å². The van der Waals surface area contributed by atoms with Crippen molar-refractivity contribution in [2.45, 2.75) is 0 Å². The van der Waals surface area contributed by atoms with E-state index in [-0.39, 0.29) is 0 Å². The number of hydrogen-bond acceptors (Lipinski definition) is 2. The Morgan fingerprint density at radius 1 is 0.895 bits per heavy atom. The Hall–Kier alpha value is -1.39. The molecule has 3 rings (SSSR count). The van der Waals surface area contributed by atoms with E-state index in [0.717, 1.165) is 25.8 Å². The van der Waals surface area contributed by atoms with Crippen LogP contribution in [0, 0.1) is 0 Å². The van der Waals surface area contributed by atoms with Crippen molar-refractivity contribution in [3.8, 4) is 0 Å². The van der Waals surface area contributed by atoms with Gasteiger partial charge in [0.2, 0.25) is 5.90 Å². The number of nitrogens with zero attached hydrogens (tertiary/aromatic N) is 1. The summed E-state index contributed by atoms with van der Waals surface area (Å²) in [4.78, 5) is 4.58. The van der Waals surface area contributed by atoms with E-state index < -0.39 is 0 Å². The third kappa shape index (κ3) is 2.80. The Morgan fingerprint density at radius 2 is 1.63 bits per heavy atom. The van der Waals surface area contributed by atoms with Gasteiger partial charge >= 0.3 is 0 Å². The number of ether oxygens (including phenoxy) is 1. The predicted molar refractivity (Wildman–Crippen MR) is 84.6 cm³/mol. The van der Waals surface area contributed by atoms with Gasteiger partial charge in [-0.1, -0.05) is 31.9 Å². The zero-order valence-electron chi connectivity index (χ0n) is 9.81. The second-order valence-electron chi connectivity index (χ2n) is 4.05. The van der Waals surface area contributed by atoms with Crippen LogP contribution in [0.2, 0.25) is 0 Å².